The third kappa shape index (κ3) is 3.09. The average Bonchev–Trinajstić information content (AvgIpc) is 3.18. The minimum absolute atomic E-state index is 0.131. The van der Waals surface area contributed by atoms with E-state index >= 15 is 0 Å². The first kappa shape index (κ1) is 16.0. The molecule has 1 amide bonds. The van der Waals surface area contributed by atoms with Crippen molar-refractivity contribution in [1.82, 2.24) is 5.32 Å². The van der Waals surface area contributed by atoms with Gasteiger partial charge in [0.2, 0.25) is 5.91 Å². The molecular formula is C21H23NO3. The number of nitrogens with one attached hydrogen (secondary N) is 1. The van der Waals surface area contributed by atoms with Gasteiger partial charge in [-0.25, -0.2) is 0 Å². The second kappa shape index (κ2) is 6.79. The molecule has 1 fully saturated rings. The first-order chi connectivity index (χ1) is 12.3. The lowest BCUT2D eigenvalue weighted by Crippen LogP contribution is -2.42. The number of fused-ring (bicyclic) bond motifs is 1. The van der Waals surface area contributed by atoms with Crippen LogP contribution in [0.3, 0.4) is 0 Å². The molecule has 0 radical (unpaired) electrons. The Morgan fingerprint density at radius 1 is 0.960 bits per heavy atom. The van der Waals surface area contributed by atoms with Gasteiger partial charge in [-0.05, 0) is 36.1 Å². The van der Waals surface area contributed by atoms with Crippen LogP contribution >= 0.6 is 0 Å². The van der Waals surface area contributed by atoms with Crippen molar-refractivity contribution < 1.29 is 14.3 Å². The van der Waals surface area contributed by atoms with Crippen LogP contribution in [-0.2, 0) is 16.8 Å². The lowest BCUT2D eigenvalue weighted by atomic mass is 9.78. The first-order valence-electron chi connectivity index (χ1n) is 9.00. The largest absolute Gasteiger partial charge is 0.486 e. The van der Waals surface area contributed by atoms with E-state index in [1.165, 1.54) is 0 Å². The van der Waals surface area contributed by atoms with Gasteiger partial charge in [0.25, 0.3) is 0 Å². The highest BCUT2D eigenvalue weighted by Crippen LogP contribution is 2.41. The normalized spacial score (nSPS) is 17.9. The summed E-state index contributed by atoms with van der Waals surface area (Å²) >= 11 is 0. The summed E-state index contributed by atoms with van der Waals surface area (Å²) in [6.45, 7) is 1.66. The van der Waals surface area contributed by atoms with Crippen LogP contribution in [0.1, 0.15) is 36.8 Å². The Hall–Kier alpha value is -2.49. The minimum atomic E-state index is -0.380. The molecule has 1 aliphatic carbocycles. The number of hydrogen-bond acceptors (Lipinski definition) is 3. The van der Waals surface area contributed by atoms with Gasteiger partial charge in [-0.15, -0.1) is 0 Å². The summed E-state index contributed by atoms with van der Waals surface area (Å²) in [4.78, 5) is 13.1. The second-order valence-electron chi connectivity index (χ2n) is 6.82. The summed E-state index contributed by atoms with van der Waals surface area (Å²) < 4.78 is 11.2. The van der Waals surface area contributed by atoms with E-state index in [-0.39, 0.29) is 11.3 Å². The molecule has 0 unspecified atom stereocenters. The summed E-state index contributed by atoms with van der Waals surface area (Å²) in [5.74, 6) is 1.67. The Bertz CT molecular complexity index is 751. The molecule has 0 spiro atoms. The van der Waals surface area contributed by atoms with E-state index in [0.717, 1.165) is 48.3 Å². The maximum atomic E-state index is 13.1. The molecule has 4 rings (SSSR count). The third-order valence-electron chi connectivity index (χ3n) is 5.28. The van der Waals surface area contributed by atoms with Gasteiger partial charge in [-0.3, -0.25) is 4.79 Å². The summed E-state index contributed by atoms with van der Waals surface area (Å²) in [7, 11) is 0. The quantitative estimate of drug-likeness (QED) is 0.927. The maximum Gasteiger partial charge on any atom is 0.230 e. The Morgan fingerprint density at radius 3 is 2.44 bits per heavy atom. The molecular weight excluding hydrogens is 314 g/mol. The van der Waals surface area contributed by atoms with Gasteiger partial charge in [0.15, 0.2) is 11.5 Å². The molecule has 1 aliphatic heterocycles. The zero-order valence-electron chi connectivity index (χ0n) is 14.3. The van der Waals surface area contributed by atoms with Gasteiger partial charge < -0.3 is 14.8 Å². The number of rotatable bonds is 4. The molecule has 0 bridgehead atoms. The van der Waals surface area contributed by atoms with E-state index < -0.39 is 0 Å². The fraction of sp³-hybridized carbons (Fsp3) is 0.381. The van der Waals surface area contributed by atoms with E-state index in [9.17, 15) is 4.79 Å². The summed E-state index contributed by atoms with van der Waals surface area (Å²) in [5, 5.41) is 3.15. The molecule has 0 saturated heterocycles. The smallest absolute Gasteiger partial charge is 0.230 e. The van der Waals surface area contributed by atoms with Crippen molar-refractivity contribution in [3.63, 3.8) is 0 Å². The monoisotopic (exact) mass is 337 g/mol. The van der Waals surface area contributed by atoms with Crippen molar-refractivity contribution >= 4 is 5.91 Å². The Balaban J connectivity index is 1.49. The zero-order valence-corrected chi connectivity index (χ0v) is 14.3. The topological polar surface area (TPSA) is 47.6 Å². The lowest BCUT2D eigenvalue weighted by Gasteiger charge is -2.28. The molecule has 2 aromatic carbocycles. The summed E-state index contributed by atoms with van der Waals surface area (Å²) in [6.07, 6.45) is 4.05. The van der Waals surface area contributed by atoms with E-state index in [4.69, 9.17) is 9.47 Å². The molecule has 2 aliphatic rings. The highest BCUT2D eigenvalue weighted by Gasteiger charge is 2.42. The van der Waals surface area contributed by atoms with Crippen LogP contribution in [0, 0.1) is 0 Å². The van der Waals surface area contributed by atoms with Crippen molar-refractivity contribution in [3.8, 4) is 11.5 Å². The van der Waals surface area contributed by atoms with Gasteiger partial charge in [0.05, 0.1) is 5.41 Å². The molecule has 4 nitrogen and oxygen atoms in total. The fourth-order valence-electron chi connectivity index (χ4n) is 3.93. The molecule has 1 saturated carbocycles. The molecule has 1 heterocycles. The molecule has 130 valence electrons. The van der Waals surface area contributed by atoms with Gasteiger partial charge in [-0.2, -0.15) is 0 Å². The van der Waals surface area contributed by atoms with E-state index in [2.05, 4.69) is 17.4 Å². The SMILES string of the molecule is O=C(NCc1ccc2c(c1)OCCO2)C1(c2ccccc2)CCCC1. The van der Waals surface area contributed by atoms with Crippen LogP contribution in [0.25, 0.3) is 0 Å². The van der Waals surface area contributed by atoms with Gasteiger partial charge in [0, 0.05) is 6.54 Å². The molecule has 4 heteroatoms. The van der Waals surface area contributed by atoms with Crippen molar-refractivity contribution in [2.24, 2.45) is 0 Å². The first-order valence-corrected chi connectivity index (χ1v) is 9.00. The summed E-state index contributed by atoms with van der Waals surface area (Å²) in [5.41, 5.74) is 1.78. The Kier molecular flexibility index (Phi) is 4.35. The van der Waals surface area contributed by atoms with E-state index in [1.54, 1.807) is 0 Å². The average molecular weight is 337 g/mol. The number of amides is 1. The molecule has 1 N–H and O–H groups in total. The van der Waals surface area contributed by atoms with Crippen LogP contribution in [0.15, 0.2) is 48.5 Å². The summed E-state index contributed by atoms with van der Waals surface area (Å²) in [6, 6.07) is 16.0. The maximum absolute atomic E-state index is 13.1. The molecule has 0 aromatic heterocycles. The fourth-order valence-corrected chi connectivity index (χ4v) is 3.93. The molecule has 25 heavy (non-hydrogen) atoms. The minimum Gasteiger partial charge on any atom is -0.486 e. The molecule has 0 atom stereocenters. The van der Waals surface area contributed by atoms with Crippen molar-refractivity contribution in [2.45, 2.75) is 37.6 Å². The molecule has 2 aromatic rings. The predicted molar refractivity (Wildman–Crippen MR) is 95.9 cm³/mol. The lowest BCUT2D eigenvalue weighted by molar-refractivity contribution is -0.126. The number of benzene rings is 2. The van der Waals surface area contributed by atoms with Crippen molar-refractivity contribution in [1.29, 1.82) is 0 Å². The number of carbonyl (C=O) groups excluding carboxylic acids is 1. The zero-order chi connectivity index (χ0) is 17.1. The highest BCUT2D eigenvalue weighted by atomic mass is 16.6. The Morgan fingerprint density at radius 2 is 1.68 bits per heavy atom. The van der Waals surface area contributed by atoms with Gasteiger partial charge >= 0.3 is 0 Å². The standard InChI is InChI=1S/C21H23NO3/c23-20(21(10-4-5-11-21)17-6-2-1-3-7-17)22-15-16-8-9-18-19(14-16)25-13-12-24-18/h1-3,6-9,14H,4-5,10-13,15H2,(H,22,23). The predicted octanol–water partition coefficient (Wildman–Crippen LogP) is 3.59. The van der Waals surface area contributed by atoms with Crippen LogP contribution in [0.5, 0.6) is 11.5 Å². The van der Waals surface area contributed by atoms with E-state index in [1.807, 2.05) is 36.4 Å². The van der Waals surface area contributed by atoms with Crippen LogP contribution in [-0.4, -0.2) is 19.1 Å². The third-order valence-corrected chi connectivity index (χ3v) is 5.28. The van der Waals surface area contributed by atoms with Crippen molar-refractivity contribution in [2.75, 3.05) is 13.2 Å². The second-order valence-corrected chi connectivity index (χ2v) is 6.82. The van der Waals surface area contributed by atoms with Crippen LogP contribution in [0.2, 0.25) is 0 Å². The van der Waals surface area contributed by atoms with Crippen LogP contribution < -0.4 is 14.8 Å². The number of hydrogen-bond donors (Lipinski definition) is 1. The number of ether oxygens (including phenoxy) is 2. The van der Waals surface area contributed by atoms with Crippen molar-refractivity contribution in [3.05, 3.63) is 59.7 Å². The Labute approximate surface area is 148 Å². The van der Waals surface area contributed by atoms with Gasteiger partial charge in [-0.1, -0.05) is 49.2 Å². The van der Waals surface area contributed by atoms with E-state index in [0.29, 0.717) is 19.8 Å². The van der Waals surface area contributed by atoms with Crippen LogP contribution in [0.4, 0.5) is 0 Å². The number of carbonyl (C=O) groups is 1. The highest BCUT2D eigenvalue weighted by molar-refractivity contribution is 5.88. The van der Waals surface area contributed by atoms with Gasteiger partial charge in [0.1, 0.15) is 13.2 Å².